The van der Waals surface area contributed by atoms with Gasteiger partial charge in [0.25, 0.3) is 5.56 Å². The van der Waals surface area contributed by atoms with E-state index in [9.17, 15) is 9.59 Å². The molecule has 0 saturated carbocycles. The van der Waals surface area contributed by atoms with Gasteiger partial charge < -0.3 is 4.98 Å². The van der Waals surface area contributed by atoms with Crippen molar-refractivity contribution in [3.8, 4) is 0 Å². The van der Waals surface area contributed by atoms with Gasteiger partial charge in [-0.15, -0.1) is 0 Å². The molecule has 0 saturated heterocycles. The molecule has 0 amide bonds. The summed E-state index contributed by atoms with van der Waals surface area (Å²) in [6.45, 7) is 6.21. The highest BCUT2D eigenvalue weighted by molar-refractivity contribution is 5.21. The van der Waals surface area contributed by atoms with E-state index in [1.165, 1.54) is 6.20 Å². The molecule has 0 fully saturated rings. The number of aromatic nitrogens is 4. The zero-order valence-electron chi connectivity index (χ0n) is 12.7. The molecule has 0 atom stereocenters. The smallest absolute Gasteiger partial charge is 0.314 e. The lowest BCUT2D eigenvalue weighted by molar-refractivity contribution is 0.241. The molecule has 2 aromatic heterocycles. The fraction of sp³-hybridized carbons (Fsp3) is 0.467. The van der Waals surface area contributed by atoms with E-state index in [2.05, 4.69) is 38.7 Å². The van der Waals surface area contributed by atoms with Crippen LogP contribution in [0.25, 0.3) is 0 Å². The molecule has 22 heavy (non-hydrogen) atoms. The Labute approximate surface area is 127 Å². The standard InChI is InChI=1S/C15H19N5O2/c1-9(2)13-16-5-10-7-20(4-3-12(10)18-13)8-11-6-17-15(22)19-14(11)21/h5-6,9H,3-4,7-8H2,1-2H3,(H2,17,19,21,22). The van der Waals surface area contributed by atoms with E-state index in [-0.39, 0.29) is 5.56 Å². The molecule has 7 nitrogen and oxygen atoms in total. The van der Waals surface area contributed by atoms with Crippen molar-refractivity contribution < 1.29 is 0 Å². The summed E-state index contributed by atoms with van der Waals surface area (Å²) >= 11 is 0. The van der Waals surface area contributed by atoms with Crippen LogP contribution >= 0.6 is 0 Å². The molecule has 7 heteroatoms. The second-order valence-corrected chi connectivity index (χ2v) is 5.91. The summed E-state index contributed by atoms with van der Waals surface area (Å²) < 4.78 is 0. The predicted molar refractivity (Wildman–Crippen MR) is 81.6 cm³/mol. The molecule has 0 unspecified atom stereocenters. The lowest BCUT2D eigenvalue weighted by Crippen LogP contribution is -2.34. The Morgan fingerprint density at radius 1 is 1.36 bits per heavy atom. The Bertz CT molecular complexity index is 793. The van der Waals surface area contributed by atoms with Gasteiger partial charge in [0, 0.05) is 61.2 Å². The molecule has 116 valence electrons. The third-order valence-electron chi connectivity index (χ3n) is 3.84. The SMILES string of the molecule is CC(C)c1ncc2c(n1)CCN(Cc1c[nH]c(=O)[nH]c1=O)C2. The van der Waals surface area contributed by atoms with Crippen LogP contribution in [0.15, 0.2) is 22.0 Å². The zero-order chi connectivity index (χ0) is 15.7. The minimum absolute atomic E-state index is 0.322. The first-order valence-electron chi connectivity index (χ1n) is 7.41. The van der Waals surface area contributed by atoms with Crippen LogP contribution in [-0.2, 0) is 19.5 Å². The largest absolute Gasteiger partial charge is 0.325 e. The average molecular weight is 301 g/mol. The topological polar surface area (TPSA) is 94.7 Å². The lowest BCUT2D eigenvalue weighted by Gasteiger charge is -2.27. The fourth-order valence-electron chi connectivity index (χ4n) is 2.60. The maximum atomic E-state index is 11.8. The number of fused-ring (bicyclic) bond motifs is 1. The van der Waals surface area contributed by atoms with Crippen LogP contribution in [0.1, 0.15) is 42.4 Å². The van der Waals surface area contributed by atoms with Gasteiger partial charge in [0.15, 0.2) is 0 Å². The van der Waals surface area contributed by atoms with Crippen molar-refractivity contribution in [2.75, 3.05) is 6.54 Å². The molecule has 0 aliphatic carbocycles. The summed E-state index contributed by atoms with van der Waals surface area (Å²) in [4.78, 5) is 38.7. The van der Waals surface area contributed by atoms with E-state index < -0.39 is 5.69 Å². The Balaban J connectivity index is 1.77. The van der Waals surface area contributed by atoms with Crippen LogP contribution in [0.5, 0.6) is 0 Å². The number of H-pyrrole nitrogens is 2. The van der Waals surface area contributed by atoms with E-state index in [4.69, 9.17) is 0 Å². The molecule has 2 N–H and O–H groups in total. The van der Waals surface area contributed by atoms with Gasteiger partial charge in [-0.25, -0.2) is 14.8 Å². The zero-order valence-corrected chi connectivity index (χ0v) is 12.7. The molecule has 0 bridgehead atoms. The van der Waals surface area contributed by atoms with Crippen molar-refractivity contribution >= 4 is 0 Å². The molecular formula is C15H19N5O2. The van der Waals surface area contributed by atoms with Gasteiger partial charge in [0.05, 0.1) is 0 Å². The Morgan fingerprint density at radius 3 is 2.91 bits per heavy atom. The highest BCUT2D eigenvalue weighted by Crippen LogP contribution is 2.19. The van der Waals surface area contributed by atoms with E-state index in [0.717, 1.165) is 30.0 Å². The third kappa shape index (κ3) is 2.99. The molecule has 1 aliphatic rings. The van der Waals surface area contributed by atoms with E-state index in [0.29, 0.717) is 24.6 Å². The predicted octanol–water partition coefficient (Wildman–Crippen LogP) is 0.535. The Kier molecular flexibility index (Phi) is 3.89. The van der Waals surface area contributed by atoms with Crippen molar-refractivity contribution in [1.82, 2.24) is 24.8 Å². The second-order valence-electron chi connectivity index (χ2n) is 5.91. The van der Waals surface area contributed by atoms with Crippen molar-refractivity contribution in [1.29, 1.82) is 0 Å². The van der Waals surface area contributed by atoms with Crippen LogP contribution in [0.3, 0.4) is 0 Å². The summed E-state index contributed by atoms with van der Waals surface area (Å²) in [6, 6.07) is 0. The minimum atomic E-state index is -0.479. The number of nitrogens with one attached hydrogen (secondary N) is 2. The van der Waals surface area contributed by atoms with Crippen LogP contribution in [0.2, 0.25) is 0 Å². The van der Waals surface area contributed by atoms with Crippen LogP contribution in [0.4, 0.5) is 0 Å². The normalized spacial score (nSPS) is 15.0. The van der Waals surface area contributed by atoms with Crippen molar-refractivity contribution in [2.24, 2.45) is 0 Å². The number of rotatable bonds is 3. The second kappa shape index (κ2) is 5.84. The van der Waals surface area contributed by atoms with Crippen molar-refractivity contribution in [2.45, 2.75) is 39.3 Å². The molecule has 0 aromatic carbocycles. The summed E-state index contributed by atoms with van der Waals surface area (Å²) in [5, 5.41) is 0. The summed E-state index contributed by atoms with van der Waals surface area (Å²) in [5.41, 5.74) is 1.96. The van der Waals surface area contributed by atoms with Gasteiger partial charge in [-0.1, -0.05) is 13.8 Å². The first-order valence-corrected chi connectivity index (χ1v) is 7.41. The van der Waals surface area contributed by atoms with Crippen molar-refractivity contribution in [3.63, 3.8) is 0 Å². The van der Waals surface area contributed by atoms with Gasteiger partial charge >= 0.3 is 5.69 Å². The van der Waals surface area contributed by atoms with Gasteiger partial charge in [0.1, 0.15) is 5.82 Å². The molecule has 2 aromatic rings. The quantitative estimate of drug-likeness (QED) is 0.862. The molecular weight excluding hydrogens is 282 g/mol. The average Bonchev–Trinajstić information content (AvgIpc) is 2.49. The third-order valence-corrected chi connectivity index (χ3v) is 3.84. The van der Waals surface area contributed by atoms with E-state index >= 15 is 0 Å². The summed E-state index contributed by atoms with van der Waals surface area (Å²) in [7, 11) is 0. The fourth-order valence-corrected chi connectivity index (χ4v) is 2.60. The number of hydrogen-bond donors (Lipinski definition) is 2. The highest BCUT2D eigenvalue weighted by atomic mass is 16.2. The van der Waals surface area contributed by atoms with Gasteiger partial charge in [-0.05, 0) is 0 Å². The van der Waals surface area contributed by atoms with Crippen LogP contribution < -0.4 is 11.2 Å². The van der Waals surface area contributed by atoms with Gasteiger partial charge in [-0.2, -0.15) is 0 Å². The monoisotopic (exact) mass is 301 g/mol. The highest BCUT2D eigenvalue weighted by Gasteiger charge is 2.20. The Hall–Kier alpha value is -2.28. The first-order chi connectivity index (χ1) is 10.5. The molecule has 1 aliphatic heterocycles. The molecule has 3 rings (SSSR count). The van der Waals surface area contributed by atoms with Crippen molar-refractivity contribution in [3.05, 3.63) is 55.9 Å². The first kappa shape index (κ1) is 14.6. The minimum Gasteiger partial charge on any atom is -0.314 e. The number of nitrogens with zero attached hydrogens (tertiary/aromatic N) is 3. The molecule has 0 spiro atoms. The van der Waals surface area contributed by atoms with E-state index in [1.807, 2.05) is 6.20 Å². The number of hydrogen-bond acceptors (Lipinski definition) is 5. The number of aromatic amines is 2. The molecule has 3 heterocycles. The summed E-state index contributed by atoms with van der Waals surface area (Å²) in [6.07, 6.45) is 4.22. The molecule has 0 radical (unpaired) electrons. The van der Waals surface area contributed by atoms with E-state index in [1.54, 1.807) is 0 Å². The Morgan fingerprint density at radius 2 is 2.18 bits per heavy atom. The van der Waals surface area contributed by atoms with Gasteiger partial charge in [0.2, 0.25) is 0 Å². The lowest BCUT2D eigenvalue weighted by atomic mass is 10.1. The van der Waals surface area contributed by atoms with Crippen LogP contribution in [-0.4, -0.2) is 31.4 Å². The van der Waals surface area contributed by atoms with Gasteiger partial charge in [-0.3, -0.25) is 14.7 Å². The summed E-state index contributed by atoms with van der Waals surface area (Å²) in [5.74, 6) is 1.20. The maximum absolute atomic E-state index is 11.8. The van der Waals surface area contributed by atoms with Crippen LogP contribution in [0, 0.1) is 0 Å². The maximum Gasteiger partial charge on any atom is 0.325 e.